The SMILES string of the molecule is O=[N+]([O-])c1ccc(C([O-])=C2NOC(c3ccc(Cl)cc3)=C2S(=O)(=O)c2ccccc2)cc1. The Labute approximate surface area is 188 Å². The van der Waals surface area contributed by atoms with Gasteiger partial charge < -0.3 is 9.94 Å². The molecule has 3 aromatic rings. The molecule has 8 nitrogen and oxygen atoms in total. The van der Waals surface area contributed by atoms with Crippen molar-refractivity contribution in [3.05, 3.63) is 116 Å². The number of nitro groups is 1. The summed E-state index contributed by atoms with van der Waals surface area (Å²) in [6.07, 6.45) is 0. The predicted octanol–water partition coefficient (Wildman–Crippen LogP) is 3.65. The van der Waals surface area contributed by atoms with Gasteiger partial charge in [-0.1, -0.05) is 35.6 Å². The van der Waals surface area contributed by atoms with E-state index in [0.29, 0.717) is 10.6 Å². The van der Waals surface area contributed by atoms with Gasteiger partial charge in [-0.05, 0) is 54.1 Å². The number of halogens is 1. The van der Waals surface area contributed by atoms with Crippen LogP contribution in [0, 0.1) is 10.1 Å². The van der Waals surface area contributed by atoms with Gasteiger partial charge in [0.15, 0.2) is 5.76 Å². The van der Waals surface area contributed by atoms with E-state index in [4.69, 9.17) is 16.4 Å². The second-order valence-electron chi connectivity index (χ2n) is 6.69. The van der Waals surface area contributed by atoms with E-state index in [-0.39, 0.29) is 32.5 Å². The summed E-state index contributed by atoms with van der Waals surface area (Å²) in [5, 5.41) is 24.5. The van der Waals surface area contributed by atoms with Gasteiger partial charge in [-0.2, -0.15) is 0 Å². The molecule has 0 unspecified atom stereocenters. The van der Waals surface area contributed by atoms with E-state index < -0.39 is 20.5 Å². The minimum Gasteiger partial charge on any atom is -0.871 e. The van der Waals surface area contributed by atoms with Crippen LogP contribution in [0.3, 0.4) is 0 Å². The van der Waals surface area contributed by atoms with Crippen molar-refractivity contribution in [2.75, 3.05) is 0 Å². The number of nitrogens with zero attached hydrogens (tertiary/aromatic N) is 1. The molecule has 0 radical (unpaired) electrons. The highest BCUT2D eigenvalue weighted by Gasteiger charge is 2.35. The molecule has 1 aliphatic rings. The number of hydrogen-bond acceptors (Lipinski definition) is 7. The summed E-state index contributed by atoms with van der Waals surface area (Å²) in [4.78, 5) is 15.4. The summed E-state index contributed by atoms with van der Waals surface area (Å²) in [5.74, 6) is -0.755. The molecule has 0 spiro atoms. The molecule has 32 heavy (non-hydrogen) atoms. The van der Waals surface area contributed by atoms with Crippen LogP contribution in [0.25, 0.3) is 11.5 Å². The molecule has 0 aliphatic carbocycles. The molecule has 1 heterocycles. The van der Waals surface area contributed by atoms with Gasteiger partial charge in [0.05, 0.1) is 15.5 Å². The average Bonchev–Trinajstić information content (AvgIpc) is 3.26. The van der Waals surface area contributed by atoms with Crippen LogP contribution < -0.4 is 10.6 Å². The smallest absolute Gasteiger partial charge is 0.269 e. The maximum atomic E-state index is 13.5. The molecule has 10 heteroatoms. The second-order valence-corrected chi connectivity index (χ2v) is 9.02. The van der Waals surface area contributed by atoms with Gasteiger partial charge in [-0.15, -0.1) is 0 Å². The van der Waals surface area contributed by atoms with Crippen LogP contribution in [0.1, 0.15) is 11.1 Å². The lowest BCUT2D eigenvalue weighted by Crippen LogP contribution is -2.18. The van der Waals surface area contributed by atoms with Crippen LogP contribution in [0.4, 0.5) is 5.69 Å². The van der Waals surface area contributed by atoms with Crippen molar-refractivity contribution in [2.24, 2.45) is 0 Å². The number of nitrogens with one attached hydrogen (secondary N) is 1. The molecule has 0 fully saturated rings. The van der Waals surface area contributed by atoms with Crippen molar-refractivity contribution in [2.45, 2.75) is 4.90 Å². The number of rotatable bonds is 5. The first-order valence-electron chi connectivity index (χ1n) is 9.19. The van der Waals surface area contributed by atoms with Crippen LogP contribution >= 0.6 is 11.6 Å². The van der Waals surface area contributed by atoms with Gasteiger partial charge in [0, 0.05) is 22.7 Å². The molecular weight excluding hydrogens is 456 g/mol. The van der Waals surface area contributed by atoms with Crippen LogP contribution in [-0.2, 0) is 14.7 Å². The molecule has 162 valence electrons. The van der Waals surface area contributed by atoms with Crippen molar-refractivity contribution in [1.29, 1.82) is 0 Å². The number of nitro benzene ring substituents is 1. The Morgan fingerprint density at radius 2 is 1.56 bits per heavy atom. The minimum atomic E-state index is -4.18. The number of hydrogen-bond donors (Lipinski definition) is 1. The van der Waals surface area contributed by atoms with E-state index in [9.17, 15) is 23.6 Å². The molecule has 1 aliphatic heterocycles. The number of benzene rings is 3. The fourth-order valence-electron chi connectivity index (χ4n) is 3.10. The van der Waals surface area contributed by atoms with Crippen molar-refractivity contribution in [1.82, 2.24) is 5.48 Å². The van der Waals surface area contributed by atoms with Gasteiger partial charge in [-0.25, -0.2) is 13.9 Å². The Hall–Kier alpha value is -3.82. The summed E-state index contributed by atoms with van der Waals surface area (Å²) < 4.78 is 27.0. The first kappa shape index (κ1) is 21.4. The molecular formula is C22H14ClN2O6S-. The zero-order valence-electron chi connectivity index (χ0n) is 16.2. The second kappa shape index (κ2) is 8.37. The van der Waals surface area contributed by atoms with Gasteiger partial charge >= 0.3 is 0 Å². The molecule has 1 N–H and O–H groups in total. The van der Waals surface area contributed by atoms with E-state index in [1.807, 2.05) is 0 Å². The van der Waals surface area contributed by atoms with Crippen molar-refractivity contribution in [3.63, 3.8) is 0 Å². The Morgan fingerprint density at radius 3 is 2.16 bits per heavy atom. The van der Waals surface area contributed by atoms with Crippen LogP contribution in [0.5, 0.6) is 0 Å². The van der Waals surface area contributed by atoms with Gasteiger partial charge in [-0.3, -0.25) is 10.1 Å². The lowest BCUT2D eigenvalue weighted by Gasteiger charge is -2.17. The van der Waals surface area contributed by atoms with E-state index >= 15 is 0 Å². The van der Waals surface area contributed by atoms with Crippen molar-refractivity contribution in [3.8, 4) is 0 Å². The zero-order chi connectivity index (χ0) is 22.9. The fourth-order valence-corrected chi connectivity index (χ4v) is 4.79. The highest BCUT2D eigenvalue weighted by molar-refractivity contribution is 7.95. The number of sulfone groups is 1. The highest BCUT2D eigenvalue weighted by Crippen LogP contribution is 2.38. The largest absolute Gasteiger partial charge is 0.871 e. The lowest BCUT2D eigenvalue weighted by molar-refractivity contribution is -0.384. The van der Waals surface area contributed by atoms with Gasteiger partial charge in [0.25, 0.3) is 5.69 Å². The molecule has 0 saturated carbocycles. The molecule has 0 atom stereocenters. The molecule has 0 saturated heterocycles. The molecule has 0 bridgehead atoms. The number of hydroxylamine groups is 1. The first-order valence-corrected chi connectivity index (χ1v) is 11.0. The predicted molar refractivity (Wildman–Crippen MR) is 116 cm³/mol. The third kappa shape index (κ3) is 3.91. The third-order valence-corrected chi connectivity index (χ3v) is 6.76. The first-order chi connectivity index (χ1) is 15.3. The van der Waals surface area contributed by atoms with Crippen molar-refractivity contribution >= 4 is 38.6 Å². The monoisotopic (exact) mass is 469 g/mol. The lowest BCUT2D eigenvalue weighted by atomic mass is 10.1. The molecule has 0 aromatic heterocycles. The summed E-state index contributed by atoms with van der Waals surface area (Å²) in [6, 6.07) is 18.7. The number of non-ortho nitro benzene ring substituents is 1. The maximum absolute atomic E-state index is 13.5. The van der Waals surface area contributed by atoms with Gasteiger partial charge in [0.1, 0.15) is 4.91 Å². The van der Waals surface area contributed by atoms with E-state index in [0.717, 1.165) is 0 Å². The van der Waals surface area contributed by atoms with Crippen LogP contribution in [0.15, 0.2) is 94.4 Å². The Morgan fingerprint density at radius 1 is 0.938 bits per heavy atom. The Bertz CT molecular complexity index is 1350. The van der Waals surface area contributed by atoms with Gasteiger partial charge in [0.2, 0.25) is 9.84 Å². The molecule has 4 rings (SSSR count). The van der Waals surface area contributed by atoms with Crippen LogP contribution in [-0.4, -0.2) is 13.3 Å². The normalized spacial score (nSPS) is 15.2. The quantitative estimate of drug-likeness (QED) is 0.344. The Kier molecular flexibility index (Phi) is 5.60. The molecule has 0 amide bonds. The molecule has 3 aromatic carbocycles. The third-order valence-electron chi connectivity index (χ3n) is 4.68. The Balaban J connectivity index is 1.93. The fraction of sp³-hybridized carbons (Fsp3) is 0. The van der Waals surface area contributed by atoms with E-state index in [1.54, 1.807) is 42.5 Å². The van der Waals surface area contributed by atoms with Crippen LogP contribution in [0.2, 0.25) is 5.02 Å². The minimum absolute atomic E-state index is 0.0252. The standard InChI is InChI=1S/C22H15ClN2O6S/c23-16-10-6-15(7-11-16)21-22(32(29,30)18-4-2-1-3-5-18)19(24-31-21)20(26)14-8-12-17(13-9-14)25(27)28/h1-13,24,26H/p-1. The summed E-state index contributed by atoms with van der Waals surface area (Å²) in [6.45, 7) is 0. The zero-order valence-corrected chi connectivity index (χ0v) is 17.8. The summed E-state index contributed by atoms with van der Waals surface area (Å²) in [7, 11) is -4.18. The van der Waals surface area contributed by atoms with E-state index in [2.05, 4.69) is 5.48 Å². The maximum Gasteiger partial charge on any atom is 0.269 e. The topological polar surface area (TPSA) is 122 Å². The summed E-state index contributed by atoms with van der Waals surface area (Å²) in [5.41, 5.74) is 2.38. The van der Waals surface area contributed by atoms with Crippen molar-refractivity contribution < 1.29 is 23.3 Å². The van der Waals surface area contributed by atoms with E-state index in [1.165, 1.54) is 36.4 Å². The highest BCUT2D eigenvalue weighted by atomic mass is 35.5. The summed E-state index contributed by atoms with van der Waals surface area (Å²) >= 11 is 5.94. The average molecular weight is 470 g/mol.